The predicted molar refractivity (Wildman–Crippen MR) is 105 cm³/mol. The smallest absolute Gasteiger partial charge is 0.257 e. The molecule has 2 aromatic rings. The third-order valence-corrected chi connectivity index (χ3v) is 5.57. The average molecular weight is 385 g/mol. The highest BCUT2D eigenvalue weighted by Gasteiger charge is 2.24. The molecule has 2 aliphatic heterocycles. The van der Waals surface area contributed by atoms with Crippen molar-refractivity contribution in [1.82, 2.24) is 15.4 Å². The van der Waals surface area contributed by atoms with Crippen molar-refractivity contribution in [2.24, 2.45) is 0 Å². The molecule has 0 radical (unpaired) electrons. The van der Waals surface area contributed by atoms with Crippen LogP contribution in [0.25, 0.3) is 11.3 Å². The second-order valence-electron chi connectivity index (χ2n) is 7.53. The van der Waals surface area contributed by atoms with Crippen molar-refractivity contribution < 1.29 is 18.8 Å². The number of benzene rings is 1. The van der Waals surface area contributed by atoms with Crippen LogP contribution in [0.15, 0.2) is 22.7 Å². The van der Waals surface area contributed by atoms with E-state index < -0.39 is 0 Å². The van der Waals surface area contributed by atoms with Crippen LogP contribution in [0.4, 0.5) is 0 Å². The molecule has 7 heteroatoms. The van der Waals surface area contributed by atoms with Gasteiger partial charge in [0.05, 0.1) is 5.69 Å². The van der Waals surface area contributed by atoms with Crippen LogP contribution in [0.2, 0.25) is 0 Å². The number of carbonyl (C=O) groups excluding carboxylic acids is 1. The fraction of sp³-hybridized carbons (Fsp3) is 0.524. The largest absolute Gasteiger partial charge is 0.454 e. The number of nitrogens with zero attached hydrogens (tertiary/aromatic N) is 2. The SMILES string of the molecule is Cc1noc(-c2ccc3c(c2)OCO3)c1C(=O)NCCCN1CCCC[C@H]1C. The molecule has 2 aliphatic rings. The molecule has 1 aromatic carbocycles. The summed E-state index contributed by atoms with van der Waals surface area (Å²) in [5.41, 5.74) is 1.80. The lowest BCUT2D eigenvalue weighted by molar-refractivity contribution is 0.0948. The van der Waals surface area contributed by atoms with Gasteiger partial charge in [-0.25, -0.2) is 0 Å². The van der Waals surface area contributed by atoms with Gasteiger partial charge in [0, 0.05) is 24.7 Å². The molecule has 0 bridgehead atoms. The van der Waals surface area contributed by atoms with Crippen molar-refractivity contribution in [1.29, 1.82) is 0 Å². The molecule has 0 unspecified atom stereocenters. The van der Waals surface area contributed by atoms with Gasteiger partial charge in [-0.2, -0.15) is 0 Å². The molecule has 1 saturated heterocycles. The third-order valence-electron chi connectivity index (χ3n) is 5.57. The van der Waals surface area contributed by atoms with Crippen molar-refractivity contribution in [2.75, 3.05) is 26.4 Å². The van der Waals surface area contributed by atoms with Gasteiger partial charge in [0.2, 0.25) is 6.79 Å². The van der Waals surface area contributed by atoms with Crippen molar-refractivity contribution in [3.63, 3.8) is 0 Å². The summed E-state index contributed by atoms with van der Waals surface area (Å²) in [5, 5.41) is 7.02. The fourth-order valence-corrected chi connectivity index (χ4v) is 3.93. The molecule has 0 saturated carbocycles. The van der Waals surface area contributed by atoms with Crippen LogP contribution in [0, 0.1) is 6.92 Å². The Morgan fingerprint density at radius 3 is 3.00 bits per heavy atom. The minimum atomic E-state index is -0.155. The number of piperidine rings is 1. The first-order valence-electron chi connectivity index (χ1n) is 10.0. The number of aryl methyl sites for hydroxylation is 1. The van der Waals surface area contributed by atoms with Gasteiger partial charge >= 0.3 is 0 Å². The van der Waals surface area contributed by atoms with E-state index in [1.54, 1.807) is 6.92 Å². The van der Waals surface area contributed by atoms with Gasteiger partial charge in [0.1, 0.15) is 5.56 Å². The zero-order valence-corrected chi connectivity index (χ0v) is 16.5. The number of fused-ring (bicyclic) bond motifs is 1. The summed E-state index contributed by atoms with van der Waals surface area (Å²) < 4.78 is 16.2. The Morgan fingerprint density at radius 2 is 2.14 bits per heavy atom. The van der Waals surface area contributed by atoms with Crippen molar-refractivity contribution in [3.8, 4) is 22.8 Å². The van der Waals surface area contributed by atoms with Crippen LogP contribution >= 0.6 is 0 Å². The molecular formula is C21H27N3O4. The van der Waals surface area contributed by atoms with E-state index in [-0.39, 0.29) is 12.7 Å². The maximum Gasteiger partial charge on any atom is 0.257 e. The second-order valence-corrected chi connectivity index (χ2v) is 7.53. The number of nitrogens with one attached hydrogen (secondary N) is 1. The van der Waals surface area contributed by atoms with Crippen LogP contribution in [0.3, 0.4) is 0 Å². The lowest BCUT2D eigenvalue weighted by Gasteiger charge is -2.33. The van der Waals surface area contributed by atoms with Crippen molar-refractivity contribution in [2.45, 2.75) is 45.6 Å². The second kappa shape index (κ2) is 8.22. The monoisotopic (exact) mass is 385 g/mol. The predicted octanol–water partition coefficient (Wildman–Crippen LogP) is 3.37. The molecule has 1 fully saturated rings. The molecule has 150 valence electrons. The molecule has 7 nitrogen and oxygen atoms in total. The number of amides is 1. The zero-order chi connectivity index (χ0) is 19.5. The summed E-state index contributed by atoms with van der Waals surface area (Å²) in [5.74, 6) is 1.64. The summed E-state index contributed by atoms with van der Waals surface area (Å²) in [6, 6.07) is 6.12. The fourth-order valence-electron chi connectivity index (χ4n) is 3.93. The van der Waals surface area contributed by atoms with E-state index in [4.69, 9.17) is 14.0 Å². The maximum absolute atomic E-state index is 12.8. The van der Waals surface area contributed by atoms with E-state index in [0.717, 1.165) is 25.1 Å². The van der Waals surface area contributed by atoms with E-state index in [0.29, 0.717) is 41.1 Å². The number of ether oxygens (including phenoxy) is 2. The summed E-state index contributed by atoms with van der Waals surface area (Å²) in [6.07, 6.45) is 4.80. The highest BCUT2D eigenvalue weighted by Crippen LogP contribution is 2.37. The van der Waals surface area contributed by atoms with Crippen LogP contribution in [0.5, 0.6) is 11.5 Å². The van der Waals surface area contributed by atoms with Gasteiger partial charge in [-0.1, -0.05) is 11.6 Å². The molecule has 0 aliphatic carbocycles. The van der Waals surface area contributed by atoms with Gasteiger partial charge < -0.3 is 24.2 Å². The number of carbonyl (C=O) groups is 1. The normalized spacial score (nSPS) is 19.0. The quantitative estimate of drug-likeness (QED) is 0.769. The Balaban J connectivity index is 1.39. The number of aromatic nitrogens is 1. The van der Waals surface area contributed by atoms with E-state index in [1.165, 1.54) is 19.3 Å². The number of hydrogen-bond acceptors (Lipinski definition) is 6. The molecule has 1 aromatic heterocycles. The summed E-state index contributed by atoms with van der Waals surface area (Å²) in [6.45, 7) is 7.08. The first-order valence-corrected chi connectivity index (χ1v) is 10.0. The van der Waals surface area contributed by atoms with E-state index in [2.05, 4.69) is 22.3 Å². The minimum Gasteiger partial charge on any atom is -0.454 e. The van der Waals surface area contributed by atoms with Crippen LogP contribution in [-0.2, 0) is 0 Å². The van der Waals surface area contributed by atoms with E-state index >= 15 is 0 Å². The molecule has 4 rings (SSSR count). The molecule has 3 heterocycles. The first kappa shape index (κ1) is 18.8. The van der Waals surface area contributed by atoms with Gasteiger partial charge in [0.15, 0.2) is 17.3 Å². The number of likely N-dealkylation sites (tertiary alicyclic amines) is 1. The lowest BCUT2D eigenvalue weighted by atomic mass is 10.0. The Bertz CT molecular complexity index is 848. The molecule has 1 amide bonds. The Hall–Kier alpha value is -2.54. The standard InChI is InChI=1S/C21H27N3O4/c1-14-6-3-4-10-24(14)11-5-9-22-21(25)19-15(2)23-28-20(19)16-7-8-17-18(12-16)27-13-26-17/h7-8,12,14H,3-6,9-11,13H2,1-2H3,(H,22,25)/t14-/m1/s1. The molecular weight excluding hydrogens is 358 g/mol. The number of hydrogen-bond donors (Lipinski definition) is 1. The third kappa shape index (κ3) is 3.85. The Morgan fingerprint density at radius 1 is 1.29 bits per heavy atom. The summed E-state index contributed by atoms with van der Waals surface area (Å²) in [4.78, 5) is 15.3. The summed E-state index contributed by atoms with van der Waals surface area (Å²) >= 11 is 0. The Labute approximate surface area is 165 Å². The topological polar surface area (TPSA) is 76.8 Å². The maximum atomic E-state index is 12.8. The van der Waals surface area contributed by atoms with Gasteiger partial charge in [0.25, 0.3) is 5.91 Å². The highest BCUT2D eigenvalue weighted by atomic mass is 16.7. The Kier molecular flexibility index (Phi) is 5.52. The lowest BCUT2D eigenvalue weighted by Crippen LogP contribution is -2.39. The van der Waals surface area contributed by atoms with Crippen LogP contribution in [-0.4, -0.2) is 48.4 Å². The first-order chi connectivity index (χ1) is 13.6. The van der Waals surface area contributed by atoms with E-state index in [1.807, 2.05) is 18.2 Å². The number of rotatable bonds is 6. The highest BCUT2D eigenvalue weighted by molar-refractivity contribution is 6.00. The van der Waals surface area contributed by atoms with Gasteiger partial charge in [-0.05, 0) is 57.9 Å². The summed E-state index contributed by atoms with van der Waals surface area (Å²) in [7, 11) is 0. The van der Waals surface area contributed by atoms with Crippen molar-refractivity contribution in [3.05, 3.63) is 29.5 Å². The average Bonchev–Trinajstić information content (AvgIpc) is 3.32. The zero-order valence-electron chi connectivity index (χ0n) is 16.5. The van der Waals surface area contributed by atoms with E-state index in [9.17, 15) is 4.79 Å². The van der Waals surface area contributed by atoms with Crippen LogP contribution < -0.4 is 14.8 Å². The van der Waals surface area contributed by atoms with Crippen molar-refractivity contribution >= 4 is 5.91 Å². The van der Waals surface area contributed by atoms with Gasteiger partial charge in [-0.15, -0.1) is 0 Å². The molecule has 1 N–H and O–H groups in total. The molecule has 1 atom stereocenters. The molecule has 0 spiro atoms. The van der Waals surface area contributed by atoms with Gasteiger partial charge in [-0.3, -0.25) is 4.79 Å². The minimum absolute atomic E-state index is 0.155. The molecule has 28 heavy (non-hydrogen) atoms. The van der Waals surface area contributed by atoms with Crippen LogP contribution in [0.1, 0.15) is 48.7 Å².